The van der Waals surface area contributed by atoms with Crippen molar-refractivity contribution in [3.05, 3.63) is 29.3 Å². The van der Waals surface area contributed by atoms with Crippen LogP contribution >= 0.6 is 0 Å². The second kappa shape index (κ2) is 7.86. The molecule has 1 atom stereocenters. The predicted molar refractivity (Wildman–Crippen MR) is 97.1 cm³/mol. The number of benzene rings is 1. The van der Waals surface area contributed by atoms with E-state index in [0.717, 1.165) is 32.1 Å². The Bertz CT molecular complexity index is 709. The molecule has 2 aliphatic rings. The second-order valence-corrected chi connectivity index (χ2v) is 6.92. The Kier molecular flexibility index (Phi) is 5.56. The molecule has 1 saturated carbocycles. The molecule has 0 saturated heterocycles. The van der Waals surface area contributed by atoms with E-state index in [1.165, 1.54) is 4.90 Å². The van der Waals surface area contributed by atoms with Crippen LogP contribution in [0.4, 0.5) is 10.5 Å². The van der Waals surface area contributed by atoms with Crippen LogP contribution in [0.3, 0.4) is 0 Å². The normalized spacial score (nSPS) is 18.6. The first-order valence-electron chi connectivity index (χ1n) is 9.25. The molecule has 0 bridgehead atoms. The van der Waals surface area contributed by atoms with Crippen molar-refractivity contribution >= 4 is 23.5 Å². The van der Waals surface area contributed by atoms with Crippen molar-refractivity contribution in [2.75, 3.05) is 11.9 Å². The van der Waals surface area contributed by atoms with Gasteiger partial charge in [0, 0.05) is 11.7 Å². The van der Waals surface area contributed by atoms with Crippen molar-refractivity contribution < 1.29 is 19.5 Å². The first-order valence-corrected chi connectivity index (χ1v) is 9.25. The van der Waals surface area contributed by atoms with Gasteiger partial charge in [-0.25, -0.2) is 4.79 Å². The van der Waals surface area contributed by atoms with Crippen LogP contribution in [-0.2, 0) is 0 Å². The Hall–Kier alpha value is -2.41. The fraction of sp³-hybridized carbons (Fsp3) is 0.526. The Morgan fingerprint density at radius 1 is 1.19 bits per heavy atom. The summed E-state index contributed by atoms with van der Waals surface area (Å²) in [6, 6.07) is 3.97. The highest BCUT2D eigenvalue weighted by atomic mass is 16.3. The smallest absolute Gasteiger partial charge is 0.319 e. The molecule has 1 aliphatic heterocycles. The van der Waals surface area contributed by atoms with Crippen LogP contribution in [0.5, 0.6) is 0 Å². The number of nitrogens with one attached hydrogen (secondary N) is 2. The Balaban J connectivity index is 1.74. The lowest BCUT2D eigenvalue weighted by Gasteiger charge is -2.29. The zero-order valence-corrected chi connectivity index (χ0v) is 15.0. The van der Waals surface area contributed by atoms with E-state index in [9.17, 15) is 14.4 Å². The standard InChI is InChI=1S/C19H25N3O4/c1-2-12(11-23)20-19(26)21-13-8-9-15-16(10-13)18(25)22(17(15)24)14-6-4-3-5-7-14/h8-10,12,14,23H,2-7,11H2,1H3,(H2,20,21,26). The van der Waals surface area contributed by atoms with E-state index >= 15 is 0 Å². The summed E-state index contributed by atoms with van der Waals surface area (Å²) in [7, 11) is 0. The van der Waals surface area contributed by atoms with Crippen molar-refractivity contribution in [3.8, 4) is 0 Å². The maximum Gasteiger partial charge on any atom is 0.319 e. The van der Waals surface area contributed by atoms with Gasteiger partial charge in [0.05, 0.1) is 23.8 Å². The minimum absolute atomic E-state index is 0.0225. The third-order valence-electron chi connectivity index (χ3n) is 5.16. The maximum atomic E-state index is 12.8. The van der Waals surface area contributed by atoms with Crippen molar-refractivity contribution in [1.29, 1.82) is 0 Å². The number of fused-ring (bicyclic) bond motifs is 1. The van der Waals surface area contributed by atoms with Gasteiger partial charge in [0.15, 0.2) is 0 Å². The second-order valence-electron chi connectivity index (χ2n) is 6.92. The number of rotatable bonds is 5. The number of anilines is 1. The van der Waals surface area contributed by atoms with Crippen molar-refractivity contribution in [2.45, 2.75) is 57.5 Å². The Labute approximate surface area is 152 Å². The van der Waals surface area contributed by atoms with E-state index < -0.39 is 6.03 Å². The summed E-state index contributed by atoms with van der Waals surface area (Å²) in [5, 5.41) is 14.5. The summed E-state index contributed by atoms with van der Waals surface area (Å²) in [5.74, 6) is -0.512. The van der Waals surface area contributed by atoms with E-state index in [-0.39, 0.29) is 30.5 Å². The summed E-state index contributed by atoms with van der Waals surface area (Å²) in [4.78, 5) is 38.8. The fourth-order valence-corrected chi connectivity index (χ4v) is 3.64. The van der Waals surface area contributed by atoms with Crippen LogP contribution < -0.4 is 10.6 Å². The summed E-state index contributed by atoms with van der Waals surface area (Å²) >= 11 is 0. The summed E-state index contributed by atoms with van der Waals surface area (Å²) < 4.78 is 0. The highest BCUT2D eigenvalue weighted by Crippen LogP contribution is 2.32. The third-order valence-corrected chi connectivity index (χ3v) is 5.16. The predicted octanol–water partition coefficient (Wildman–Crippen LogP) is 2.51. The zero-order chi connectivity index (χ0) is 18.7. The summed E-state index contributed by atoms with van der Waals surface area (Å²) in [6.07, 6.45) is 5.55. The largest absolute Gasteiger partial charge is 0.394 e. The summed E-state index contributed by atoms with van der Waals surface area (Å²) in [5.41, 5.74) is 1.18. The van der Waals surface area contributed by atoms with E-state index in [0.29, 0.717) is 23.2 Å². The molecule has 0 radical (unpaired) electrons. The number of aliphatic hydroxyl groups excluding tert-OH is 1. The van der Waals surface area contributed by atoms with Gasteiger partial charge in [-0.1, -0.05) is 26.2 Å². The molecular weight excluding hydrogens is 334 g/mol. The molecule has 1 unspecified atom stereocenters. The first-order chi connectivity index (χ1) is 12.5. The molecule has 3 rings (SSSR count). The minimum Gasteiger partial charge on any atom is -0.394 e. The van der Waals surface area contributed by atoms with Crippen LogP contribution in [-0.4, -0.2) is 46.5 Å². The Morgan fingerprint density at radius 2 is 1.88 bits per heavy atom. The number of aliphatic hydroxyl groups is 1. The molecule has 26 heavy (non-hydrogen) atoms. The zero-order valence-electron chi connectivity index (χ0n) is 15.0. The molecule has 1 heterocycles. The van der Waals surface area contributed by atoms with Gasteiger partial charge >= 0.3 is 6.03 Å². The number of imide groups is 1. The number of carbonyl (C=O) groups excluding carboxylic acids is 3. The van der Waals surface area contributed by atoms with E-state index in [1.807, 2.05) is 6.92 Å². The number of hydrogen-bond donors (Lipinski definition) is 3. The monoisotopic (exact) mass is 359 g/mol. The molecule has 1 aromatic rings. The number of amides is 4. The highest BCUT2D eigenvalue weighted by molar-refractivity contribution is 6.22. The van der Waals surface area contributed by atoms with E-state index in [2.05, 4.69) is 10.6 Å². The van der Waals surface area contributed by atoms with Crippen LogP contribution in [0.1, 0.15) is 66.2 Å². The molecule has 1 aromatic carbocycles. The number of urea groups is 1. The molecule has 7 nitrogen and oxygen atoms in total. The average molecular weight is 359 g/mol. The lowest BCUT2D eigenvalue weighted by molar-refractivity contribution is 0.0549. The molecule has 3 N–H and O–H groups in total. The number of hydrogen-bond acceptors (Lipinski definition) is 4. The molecular formula is C19H25N3O4. The van der Waals surface area contributed by atoms with Gasteiger partial charge in [0.25, 0.3) is 11.8 Å². The van der Waals surface area contributed by atoms with Crippen molar-refractivity contribution in [3.63, 3.8) is 0 Å². The Morgan fingerprint density at radius 3 is 2.54 bits per heavy atom. The number of carbonyl (C=O) groups is 3. The lowest BCUT2D eigenvalue weighted by atomic mass is 9.94. The first kappa shape index (κ1) is 18.4. The SMILES string of the molecule is CCC(CO)NC(=O)Nc1ccc2c(c1)C(=O)N(C1CCCCC1)C2=O. The van der Waals surface area contributed by atoms with E-state index in [4.69, 9.17) is 5.11 Å². The van der Waals surface area contributed by atoms with Gasteiger partial charge in [-0.15, -0.1) is 0 Å². The topological polar surface area (TPSA) is 98.7 Å². The number of nitrogens with zero attached hydrogens (tertiary/aromatic N) is 1. The van der Waals surface area contributed by atoms with Crippen molar-refractivity contribution in [1.82, 2.24) is 10.2 Å². The summed E-state index contributed by atoms with van der Waals surface area (Å²) in [6.45, 7) is 1.72. The quantitative estimate of drug-likeness (QED) is 0.704. The van der Waals surface area contributed by atoms with Gasteiger partial charge in [0.1, 0.15) is 0 Å². The fourth-order valence-electron chi connectivity index (χ4n) is 3.64. The lowest BCUT2D eigenvalue weighted by Crippen LogP contribution is -2.40. The molecule has 0 spiro atoms. The van der Waals surface area contributed by atoms with Gasteiger partial charge in [-0.3, -0.25) is 14.5 Å². The van der Waals surface area contributed by atoms with Gasteiger partial charge in [0.2, 0.25) is 0 Å². The molecule has 140 valence electrons. The molecule has 1 fully saturated rings. The van der Waals surface area contributed by atoms with Crippen LogP contribution in [0, 0.1) is 0 Å². The van der Waals surface area contributed by atoms with Crippen molar-refractivity contribution in [2.24, 2.45) is 0 Å². The highest BCUT2D eigenvalue weighted by Gasteiger charge is 2.40. The maximum absolute atomic E-state index is 12.8. The minimum atomic E-state index is -0.452. The van der Waals surface area contributed by atoms with Crippen LogP contribution in [0.15, 0.2) is 18.2 Å². The van der Waals surface area contributed by atoms with Crippen LogP contribution in [0.25, 0.3) is 0 Å². The van der Waals surface area contributed by atoms with Gasteiger partial charge < -0.3 is 15.7 Å². The third kappa shape index (κ3) is 3.58. The molecule has 7 heteroatoms. The molecule has 4 amide bonds. The molecule has 1 aliphatic carbocycles. The van der Waals surface area contributed by atoms with Gasteiger partial charge in [-0.05, 0) is 37.5 Å². The average Bonchev–Trinajstić information content (AvgIpc) is 2.90. The van der Waals surface area contributed by atoms with E-state index in [1.54, 1.807) is 18.2 Å². The van der Waals surface area contributed by atoms with Gasteiger partial charge in [-0.2, -0.15) is 0 Å². The van der Waals surface area contributed by atoms with Crippen LogP contribution in [0.2, 0.25) is 0 Å². The molecule has 0 aromatic heterocycles.